The third kappa shape index (κ3) is 4.12. The van der Waals surface area contributed by atoms with E-state index in [0.29, 0.717) is 0 Å². The van der Waals surface area contributed by atoms with Gasteiger partial charge in [0.15, 0.2) is 0 Å². The maximum Gasteiger partial charge on any atom is 0.305 e. The predicted octanol–water partition coefficient (Wildman–Crippen LogP) is 1.97. The Kier molecular flexibility index (Phi) is 5.60. The molecule has 0 bridgehead atoms. The summed E-state index contributed by atoms with van der Waals surface area (Å²) in [5.74, 6) is -1.71. The van der Waals surface area contributed by atoms with Gasteiger partial charge in [0.2, 0.25) is 0 Å². The van der Waals surface area contributed by atoms with Gasteiger partial charge in [-0.15, -0.1) is 0 Å². The van der Waals surface area contributed by atoms with E-state index in [-0.39, 0.29) is 23.7 Å². The second-order valence-corrected chi connectivity index (χ2v) is 4.71. The monoisotopic (exact) mass is 315 g/mol. The van der Waals surface area contributed by atoms with Crippen molar-refractivity contribution in [3.63, 3.8) is 0 Å². The molecule has 1 unspecified atom stereocenters. The molecule has 0 saturated heterocycles. The van der Waals surface area contributed by atoms with Gasteiger partial charge < -0.3 is 10.0 Å². The number of hydrogen-bond acceptors (Lipinski definition) is 5. The molecule has 1 aromatic rings. The zero-order valence-corrected chi connectivity index (χ0v) is 12.2. The summed E-state index contributed by atoms with van der Waals surface area (Å²) in [6.07, 6.45) is 0.650. The van der Waals surface area contributed by atoms with Crippen molar-refractivity contribution < 1.29 is 19.6 Å². The van der Waals surface area contributed by atoms with Crippen molar-refractivity contribution in [1.29, 1.82) is 0 Å². The summed E-state index contributed by atoms with van der Waals surface area (Å²) < 4.78 is 0. The molecule has 0 fully saturated rings. The quantitative estimate of drug-likeness (QED) is 0.487. The van der Waals surface area contributed by atoms with Crippen molar-refractivity contribution in [3.8, 4) is 0 Å². The van der Waals surface area contributed by atoms with E-state index in [4.69, 9.17) is 16.7 Å². The molecule has 1 heterocycles. The molecule has 0 saturated carbocycles. The standard InChI is InChI=1S/C12H14ClN3O5/c1-3-15(7(2)4-11(17)18)12(19)8-5-10(13)14-6-9(8)16(20)21/h5-7H,3-4H2,1-2H3,(H,17,18). The first kappa shape index (κ1) is 16.8. The van der Waals surface area contributed by atoms with Crippen LogP contribution in [0.25, 0.3) is 0 Å². The first-order valence-electron chi connectivity index (χ1n) is 6.10. The van der Waals surface area contributed by atoms with Crippen LogP contribution in [0.3, 0.4) is 0 Å². The molecule has 0 spiro atoms. The van der Waals surface area contributed by atoms with Crippen LogP contribution in [0.1, 0.15) is 30.6 Å². The number of nitrogens with zero attached hydrogens (tertiary/aromatic N) is 3. The molecular formula is C12H14ClN3O5. The van der Waals surface area contributed by atoms with E-state index in [2.05, 4.69) is 4.98 Å². The van der Waals surface area contributed by atoms with Crippen LogP contribution in [0.2, 0.25) is 5.15 Å². The van der Waals surface area contributed by atoms with Gasteiger partial charge in [0.1, 0.15) is 16.9 Å². The molecule has 1 N–H and O–H groups in total. The molecule has 0 aliphatic carbocycles. The Labute approximate surface area is 125 Å². The first-order chi connectivity index (χ1) is 9.77. The van der Waals surface area contributed by atoms with E-state index in [1.807, 2.05) is 0 Å². The van der Waals surface area contributed by atoms with Crippen LogP contribution in [0.5, 0.6) is 0 Å². The topological polar surface area (TPSA) is 114 Å². The molecule has 9 heteroatoms. The normalized spacial score (nSPS) is 11.8. The van der Waals surface area contributed by atoms with Crippen LogP contribution in [-0.2, 0) is 4.79 Å². The lowest BCUT2D eigenvalue weighted by molar-refractivity contribution is -0.385. The van der Waals surface area contributed by atoms with Gasteiger partial charge in [0.05, 0.1) is 11.3 Å². The fraction of sp³-hybridized carbons (Fsp3) is 0.417. The van der Waals surface area contributed by atoms with Crippen molar-refractivity contribution >= 4 is 29.2 Å². The Morgan fingerprint density at radius 2 is 2.19 bits per heavy atom. The van der Waals surface area contributed by atoms with E-state index in [1.54, 1.807) is 13.8 Å². The van der Waals surface area contributed by atoms with Gasteiger partial charge in [-0.2, -0.15) is 0 Å². The van der Waals surface area contributed by atoms with Crippen molar-refractivity contribution in [2.75, 3.05) is 6.54 Å². The predicted molar refractivity (Wildman–Crippen MR) is 74.3 cm³/mol. The Balaban J connectivity index is 3.18. The molecule has 0 aliphatic rings. The number of aromatic nitrogens is 1. The van der Waals surface area contributed by atoms with Crippen LogP contribution in [0.4, 0.5) is 5.69 Å². The fourth-order valence-corrected chi connectivity index (χ4v) is 2.07. The van der Waals surface area contributed by atoms with E-state index < -0.39 is 28.5 Å². The summed E-state index contributed by atoms with van der Waals surface area (Å²) in [4.78, 5) is 38.2. The van der Waals surface area contributed by atoms with E-state index in [1.165, 1.54) is 4.90 Å². The van der Waals surface area contributed by atoms with Crippen molar-refractivity contribution in [2.45, 2.75) is 26.3 Å². The largest absolute Gasteiger partial charge is 0.481 e. The Morgan fingerprint density at radius 1 is 1.57 bits per heavy atom. The molecule has 1 aromatic heterocycles. The number of carbonyl (C=O) groups excluding carboxylic acids is 1. The highest BCUT2D eigenvalue weighted by molar-refractivity contribution is 6.29. The second-order valence-electron chi connectivity index (χ2n) is 4.32. The van der Waals surface area contributed by atoms with E-state index in [9.17, 15) is 19.7 Å². The van der Waals surface area contributed by atoms with Crippen LogP contribution >= 0.6 is 11.6 Å². The minimum atomic E-state index is -1.06. The Bertz CT molecular complexity index is 578. The lowest BCUT2D eigenvalue weighted by Gasteiger charge is -2.26. The van der Waals surface area contributed by atoms with Gasteiger partial charge in [-0.05, 0) is 19.9 Å². The average molecular weight is 316 g/mol. The molecule has 8 nitrogen and oxygen atoms in total. The number of nitro groups is 1. The molecular weight excluding hydrogens is 302 g/mol. The van der Waals surface area contributed by atoms with E-state index >= 15 is 0 Å². The minimum absolute atomic E-state index is 0.0501. The number of rotatable bonds is 6. The summed E-state index contributed by atoms with van der Waals surface area (Å²) in [5.41, 5.74) is -0.676. The average Bonchev–Trinajstić information content (AvgIpc) is 2.37. The second kappa shape index (κ2) is 6.98. The Hall–Kier alpha value is -2.22. The molecule has 1 amide bonds. The zero-order valence-electron chi connectivity index (χ0n) is 11.4. The molecule has 0 radical (unpaired) electrons. The molecule has 21 heavy (non-hydrogen) atoms. The van der Waals surface area contributed by atoms with E-state index in [0.717, 1.165) is 12.3 Å². The van der Waals surface area contributed by atoms with Gasteiger partial charge in [0, 0.05) is 12.6 Å². The third-order valence-electron chi connectivity index (χ3n) is 2.88. The number of carboxylic acids is 1. The lowest BCUT2D eigenvalue weighted by Crippen LogP contribution is -2.40. The van der Waals surface area contributed by atoms with Gasteiger partial charge in [-0.3, -0.25) is 19.7 Å². The van der Waals surface area contributed by atoms with Crippen LogP contribution < -0.4 is 0 Å². The molecule has 1 atom stereocenters. The van der Waals surface area contributed by atoms with Gasteiger partial charge in [-0.25, -0.2) is 4.98 Å². The minimum Gasteiger partial charge on any atom is -0.481 e. The molecule has 0 aromatic carbocycles. The van der Waals surface area contributed by atoms with Crippen LogP contribution in [-0.4, -0.2) is 44.4 Å². The molecule has 1 rings (SSSR count). The van der Waals surface area contributed by atoms with Crippen LogP contribution in [0, 0.1) is 10.1 Å². The highest BCUT2D eigenvalue weighted by Crippen LogP contribution is 2.23. The maximum atomic E-state index is 12.4. The lowest BCUT2D eigenvalue weighted by atomic mass is 10.1. The number of amides is 1. The smallest absolute Gasteiger partial charge is 0.305 e. The van der Waals surface area contributed by atoms with Crippen molar-refractivity contribution in [1.82, 2.24) is 9.88 Å². The number of pyridine rings is 1. The third-order valence-corrected chi connectivity index (χ3v) is 3.09. The van der Waals surface area contributed by atoms with Gasteiger partial charge in [0.25, 0.3) is 11.6 Å². The summed E-state index contributed by atoms with van der Waals surface area (Å²) in [5, 5.41) is 19.7. The summed E-state index contributed by atoms with van der Waals surface area (Å²) in [7, 11) is 0. The highest BCUT2D eigenvalue weighted by atomic mass is 35.5. The number of halogens is 1. The zero-order chi connectivity index (χ0) is 16.2. The first-order valence-corrected chi connectivity index (χ1v) is 6.48. The van der Waals surface area contributed by atoms with Gasteiger partial charge in [-0.1, -0.05) is 11.6 Å². The summed E-state index contributed by atoms with van der Waals surface area (Å²) in [6, 6.07) is 0.504. The number of carboxylic acid groups (broad SMARTS) is 1. The fourth-order valence-electron chi connectivity index (χ4n) is 1.91. The number of aliphatic carboxylic acids is 1. The van der Waals surface area contributed by atoms with Crippen molar-refractivity contribution in [3.05, 3.63) is 33.1 Å². The molecule has 114 valence electrons. The summed E-state index contributed by atoms with van der Waals surface area (Å²) >= 11 is 5.68. The number of hydrogen-bond donors (Lipinski definition) is 1. The van der Waals surface area contributed by atoms with Crippen LogP contribution in [0.15, 0.2) is 12.3 Å². The summed E-state index contributed by atoms with van der Waals surface area (Å²) in [6.45, 7) is 3.43. The maximum absolute atomic E-state index is 12.4. The number of carbonyl (C=O) groups is 2. The highest BCUT2D eigenvalue weighted by Gasteiger charge is 2.28. The van der Waals surface area contributed by atoms with Crippen molar-refractivity contribution in [2.24, 2.45) is 0 Å². The Morgan fingerprint density at radius 3 is 2.67 bits per heavy atom. The molecule has 0 aliphatic heterocycles. The van der Waals surface area contributed by atoms with Gasteiger partial charge >= 0.3 is 5.97 Å². The SMILES string of the molecule is CCN(C(=O)c1cc(Cl)ncc1[N+](=O)[O-])C(C)CC(=O)O.